The highest BCUT2D eigenvalue weighted by Gasteiger charge is 2.06. The van der Waals surface area contributed by atoms with Gasteiger partial charge in [0, 0.05) is 16.8 Å². The number of aliphatic imine (C=N–C) groups is 1. The lowest BCUT2D eigenvalue weighted by molar-refractivity contribution is 0.474. The molecule has 3 aromatic rings. The third-order valence-electron chi connectivity index (χ3n) is 2.69. The van der Waals surface area contributed by atoms with Crippen LogP contribution < -0.4 is 0 Å². The van der Waals surface area contributed by atoms with E-state index in [1.54, 1.807) is 24.3 Å². The molecule has 2 aromatic carbocycles. The van der Waals surface area contributed by atoms with Crippen LogP contribution in [0, 0.1) is 0 Å². The van der Waals surface area contributed by atoms with Crippen molar-refractivity contribution in [2.75, 3.05) is 0 Å². The van der Waals surface area contributed by atoms with Crippen molar-refractivity contribution in [2.24, 2.45) is 4.99 Å². The molecule has 0 spiro atoms. The fraction of sp³-hybridized carbons (Fsp3) is 0. The molecule has 6 heteroatoms. The largest absolute Gasteiger partial charge is 0.507 e. The van der Waals surface area contributed by atoms with E-state index in [1.165, 1.54) is 23.6 Å². The third-order valence-corrected chi connectivity index (χ3v) is 3.85. The van der Waals surface area contributed by atoms with Crippen molar-refractivity contribution in [3.8, 4) is 11.5 Å². The van der Waals surface area contributed by atoms with Crippen LogP contribution in [-0.4, -0.2) is 21.4 Å². The summed E-state index contributed by atoms with van der Waals surface area (Å²) in [5.74, 6) is 0.230. The zero-order valence-electron chi connectivity index (χ0n) is 10.1. The van der Waals surface area contributed by atoms with Gasteiger partial charge in [-0.3, -0.25) is 0 Å². The molecule has 2 N–H and O–H groups in total. The molecule has 0 fully saturated rings. The van der Waals surface area contributed by atoms with Crippen molar-refractivity contribution in [2.45, 2.75) is 0 Å². The highest BCUT2D eigenvalue weighted by atomic mass is 35.5. The number of fused-ring (bicyclic) bond motifs is 1. The van der Waals surface area contributed by atoms with Crippen LogP contribution in [0.2, 0.25) is 5.02 Å². The van der Waals surface area contributed by atoms with Gasteiger partial charge in [-0.1, -0.05) is 29.0 Å². The molecule has 0 aliphatic carbocycles. The second-order valence-corrected chi connectivity index (χ2v) is 5.53. The summed E-state index contributed by atoms with van der Waals surface area (Å²) in [6, 6.07) is 9.93. The van der Waals surface area contributed by atoms with Crippen LogP contribution in [0.25, 0.3) is 10.2 Å². The van der Waals surface area contributed by atoms with E-state index in [9.17, 15) is 10.2 Å². The number of phenolic OH excluding ortho intramolecular Hbond substituents is 2. The van der Waals surface area contributed by atoms with Crippen molar-refractivity contribution in [1.82, 2.24) is 4.98 Å². The van der Waals surface area contributed by atoms with Crippen molar-refractivity contribution in [1.29, 1.82) is 0 Å². The van der Waals surface area contributed by atoms with Crippen molar-refractivity contribution >= 4 is 44.5 Å². The van der Waals surface area contributed by atoms with Crippen LogP contribution in [0.3, 0.4) is 0 Å². The molecule has 0 aliphatic heterocycles. The standard InChI is InChI=1S/C14H9ClN2O2S/c15-9-4-5-10(18)8(6-9)7-16-14-17-13-11(19)2-1-3-12(13)20-14/h1-7,18-19H. The molecule has 3 rings (SSSR count). The smallest absolute Gasteiger partial charge is 0.210 e. The minimum absolute atomic E-state index is 0.0992. The van der Waals surface area contributed by atoms with E-state index in [2.05, 4.69) is 9.98 Å². The topological polar surface area (TPSA) is 65.7 Å². The van der Waals surface area contributed by atoms with E-state index in [0.717, 1.165) is 4.70 Å². The van der Waals surface area contributed by atoms with E-state index >= 15 is 0 Å². The summed E-state index contributed by atoms with van der Waals surface area (Å²) in [5.41, 5.74) is 1.04. The van der Waals surface area contributed by atoms with Gasteiger partial charge in [-0.25, -0.2) is 9.98 Å². The number of para-hydroxylation sites is 1. The second-order valence-electron chi connectivity index (χ2n) is 4.08. The monoisotopic (exact) mass is 304 g/mol. The number of hydrogen-bond donors (Lipinski definition) is 2. The molecule has 0 aliphatic rings. The van der Waals surface area contributed by atoms with Crippen LogP contribution >= 0.6 is 22.9 Å². The van der Waals surface area contributed by atoms with Crippen LogP contribution in [0.4, 0.5) is 5.13 Å². The predicted octanol–water partition coefficient (Wildman–Crippen LogP) is 4.11. The SMILES string of the molecule is Oc1ccc(Cl)cc1C=Nc1nc2c(O)cccc2s1. The normalized spacial score (nSPS) is 11.4. The molecule has 100 valence electrons. The quantitative estimate of drug-likeness (QED) is 0.700. The molecular formula is C14H9ClN2O2S. The Labute approximate surface area is 123 Å². The molecule has 0 amide bonds. The molecule has 0 bridgehead atoms. The fourth-order valence-electron chi connectivity index (χ4n) is 1.73. The maximum Gasteiger partial charge on any atom is 0.210 e. The number of halogens is 1. The summed E-state index contributed by atoms with van der Waals surface area (Å²) in [5, 5.41) is 20.4. The summed E-state index contributed by atoms with van der Waals surface area (Å²) >= 11 is 7.22. The summed E-state index contributed by atoms with van der Waals surface area (Å²) in [7, 11) is 0. The van der Waals surface area contributed by atoms with Gasteiger partial charge in [0.15, 0.2) is 0 Å². The van der Waals surface area contributed by atoms with Crippen LogP contribution in [0.1, 0.15) is 5.56 Å². The molecule has 0 saturated carbocycles. The number of rotatable bonds is 2. The van der Waals surface area contributed by atoms with Crippen LogP contribution in [0.5, 0.6) is 11.5 Å². The Kier molecular flexibility index (Phi) is 3.30. The van der Waals surface area contributed by atoms with Crippen molar-refractivity contribution in [3.63, 3.8) is 0 Å². The number of thiazole rings is 1. The lowest BCUT2D eigenvalue weighted by Crippen LogP contribution is -1.81. The Balaban J connectivity index is 1.98. The molecular weight excluding hydrogens is 296 g/mol. The highest BCUT2D eigenvalue weighted by molar-refractivity contribution is 7.22. The zero-order valence-corrected chi connectivity index (χ0v) is 11.7. The second kappa shape index (κ2) is 5.11. The molecule has 4 nitrogen and oxygen atoms in total. The first-order valence-electron chi connectivity index (χ1n) is 5.74. The van der Waals surface area contributed by atoms with Gasteiger partial charge in [-0.2, -0.15) is 0 Å². The first-order valence-corrected chi connectivity index (χ1v) is 6.94. The number of aromatic nitrogens is 1. The molecule has 0 radical (unpaired) electrons. The Morgan fingerprint density at radius 3 is 2.80 bits per heavy atom. The average Bonchev–Trinajstić information content (AvgIpc) is 2.84. The van der Waals surface area contributed by atoms with E-state index in [4.69, 9.17) is 11.6 Å². The van der Waals surface area contributed by atoms with Crippen molar-refractivity contribution in [3.05, 3.63) is 47.0 Å². The lowest BCUT2D eigenvalue weighted by atomic mass is 10.2. The van der Waals surface area contributed by atoms with Gasteiger partial charge in [0.2, 0.25) is 5.13 Å². The summed E-state index contributed by atoms with van der Waals surface area (Å²) < 4.78 is 0.854. The van der Waals surface area contributed by atoms with Gasteiger partial charge in [0.1, 0.15) is 17.0 Å². The first-order chi connectivity index (χ1) is 9.63. The summed E-state index contributed by atoms with van der Waals surface area (Å²) in [6.45, 7) is 0. The molecule has 0 unspecified atom stereocenters. The highest BCUT2D eigenvalue weighted by Crippen LogP contribution is 2.33. The zero-order chi connectivity index (χ0) is 14.1. The Hall–Kier alpha value is -2.11. The van der Waals surface area contributed by atoms with Gasteiger partial charge in [-0.05, 0) is 30.3 Å². The molecule has 20 heavy (non-hydrogen) atoms. The first kappa shape index (κ1) is 12.9. The van der Waals surface area contributed by atoms with Gasteiger partial charge < -0.3 is 10.2 Å². The Bertz CT molecular complexity index is 814. The van der Waals surface area contributed by atoms with E-state index < -0.39 is 0 Å². The summed E-state index contributed by atoms with van der Waals surface area (Å²) in [6.07, 6.45) is 1.50. The number of phenols is 2. The van der Waals surface area contributed by atoms with Gasteiger partial charge in [0.25, 0.3) is 0 Å². The Morgan fingerprint density at radius 1 is 1.15 bits per heavy atom. The number of aromatic hydroxyl groups is 2. The van der Waals surface area contributed by atoms with Gasteiger partial charge >= 0.3 is 0 Å². The minimum Gasteiger partial charge on any atom is -0.507 e. The van der Waals surface area contributed by atoms with Crippen molar-refractivity contribution < 1.29 is 10.2 Å². The van der Waals surface area contributed by atoms with E-state index in [-0.39, 0.29) is 11.5 Å². The van der Waals surface area contributed by atoms with Gasteiger partial charge in [-0.15, -0.1) is 0 Å². The number of benzene rings is 2. The molecule has 1 heterocycles. The summed E-state index contributed by atoms with van der Waals surface area (Å²) in [4.78, 5) is 8.44. The van der Waals surface area contributed by atoms with E-state index in [0.29, 0.717) is 21.2 Å². The van der Waals surface area contributed by atoms with Crippen LogP contribution in [-0.2, 0) is 0 Å². The lowest BCUT2D eigenvalue weighted by Gasteiger charge is -1.97. The third kappa shape index (κ3) is 2.45. The fourth-order valence-corrected chi connectivity index (χ4v) is 2.74. The van der Waals surface area contributed by atoms with Crippen LogP contribution in [0.15, 0.2) is 41.4 Å². The molecule has 0 saturated heterocycles. The molecule has 1 aromatic heterocycles. The van der Waals surface area contributed by atoms with Gasteiger partial charge in [0.05, 0.1) is 4.70 Å². The molecule has 0 atom stereocenters. The van der Waals surface area contributed by atoms with E-state index in [1.807, 2.05) is 6.07 Å². The number of nitrogens with zero attached hydrogens (tertiary/aromatic N) is 2. The Morgan fingerprint density at radius 2 is 2.00 bits per heavy atom. The average molecular weight is 305 g/mol. The minimum atomic E-state index is 0.0992. The number of hydrogen-bond acceptors (Lipinski definition) is 5. The maximum absolute atomic E-state index is 9.69. The maximum atomic E-state index is 9.69. The predicted molar refractivity (Wildman–Crippen MR) is 81.7 cm³/mol.